The molecule has 2 rings (SSSR count). The maximum absolute atomic E-state index is 12.9. The topological polar surface area (TPSA) is 85.2 Å². The van der Waals surface area contributed by atoms with Gasteiger partial charge in [0, 0.05) is 12.0 Å². The molecule has 0 spiro atoms. The third-order valence-electron chi connectivity index (χ3n) is 3.27. The van der Waals surface area contributed by atoms with Gasteiger partial charge in [0.1, 0.15) is 11.9 Å². The van der Waals surface area contributed by atoms with E-state index in [-0.39, 0.29) is 23.3 Å². The Hall–Kier alpha value is -2.13. The van der Waals surface area contributed by atoms with Gasteiger partial charge in [-0.15, -0.1) is 0 Å². The van der Waals surface area contributed by atoms with Crippen molar-refractivity contribution in [3.8, 4) is 6.07 Å². The average molecular weight is 263 g/mol. The second-order valence-corrected chi connectivity index (χ2v) is 4.77. The Labute approximate surface area is 110 Å². The number of urea groups is 1. The molecule has 1 aromatic carbocycles. The molecule has 1 aliphatic carbocycles. The maximum Gasteiger partial charge on any atom is 0.319 e. The predicted octanol–water partition coefficient (Wildman–Crippen LogP) is 1.59. The SMILES string of the molecule is N#Cc1cc(F)ccc1NC(=O)NCC1(CO)CC1. The number of nitrogens with zero attached hydrogens (tertiary/aromatic N) is 1. The van der Waals surface area contributed by atoms with Crippen LogP contribution in [0.15, 0.2) is 18.2 Å². The van der Waals surface area contributed by atoms with Crippen molar-refractivity contribution in [2.45, 2.75) is 12.8 Å². The lowest BCUT2D eigenvalue weighted by molar-refractivity contribution is 0.206. The molecule has 0 aliphatic heterocycles. The first kappa shape index (κ1) is 13.3. The first-order valence-electron chi connectivity index (χ1n) is 5.94. The number of benzene rings is 1. The summed E-state index contributed by atoms with van der Waals surface area (Å²) < 4.78 is 12.9. The van der Waals surface area contributed by atoms with Crippen molar-refractivity contribution in [3.63, 3.8) is 0 Å². The minimum atomic E-state index is -0.528. The second-order valence-electron chi connectivity index (χ2n) is 4.77. The standard InChI is InChI=1S/C13H14FN3O2/c14-10-1-2-11(9(5-10)6-15)17-12(19)16-7-13(8-18)3-4-13/h1-2,5,18H,3-4,7-8H2,(H2,16,17,19). The zero-order chi connectivity index (χ0) is 13.9. The van der Waals surface area contributed by atoms with Gasteiger partial charge in [-0.2, -0.15) is 5.26 Å². The van der Waals surface area contributed by atoms with Gasteiger partial charge in [0.2, 0.25) is 0 Å². The molecule has 6 heteroatoms. The van der Waals surface area contributed by atoms with Crippen LogP contribution in [-0.4, -0.2) is 24.3 Å². The van der Waals surface area contributed by atoms with Gasteiger partial charge in [-0.05, 0) is 31.0 Å². The molecule has 2 amide bonds. The minimum absolute atomic E-state index is 0.0489. The molecule has 1 fully saturated rings. The summed E-state index contributed by atoms with van der Waals surface area (Å²) >= 11 is 0. The lowest BCUT2D eigenvalue weighted by Gasteiger charge is -2.13. The van der Waals surface area contributed by atoms with E-state index in [0.29, 0.717) is 6.54 Å². The van der Waals surface area contributed by atoms with Crippen LogP contribution in [0.1, 0.15) is 18.4 Å². The largest absolute Gasteiger partial charge is 0.396 e. The normalized spacial score (nSPS) is 15.4. The van der Waals surface area contributed by atoms with Crippen LogP contribution in [0.2, 0.25) is 0 Å². The van der Waals surface area contributed by atoms with E-state index >= 15 is 0 Å². The molecule has 0 radical (unpaired) electrons. The highest BCUT2D eigenvalue weighted by atomic mass is 19.1. The fourth-order valence-electron chi connectivity index (χ4n) is 1.72. The number of hydrogen-bond acceptors (Lipinski definition) is 3. The van der Waals surface area contributed by atoms with Gasteiger partial charge in [0.15, 0.2) is 0 Å². The van der Waals surface area contributed by atoms with Crippen LogP contribution in [0.5, 0.6) is 0 Å². The number of rotatable bonds is 4. The molecule has 1 aromatic rings. The zero-order valence-electron chi connectivity index (χ0n) is 10.2. The first-order valence-corrected chi connectivity index (χ1v) is 5.94. The van der Waals surface area contributed by atoms with Crippen LogP contribution in [0, 0.1) is 22.6 Å². The van der Waals surface area contributed by atoms with Crippen LogP contribution >= 0.6 is 0 Å². The minimum Gasteiger partial charge on any atom is -0.396 e. The van der Waals surface area contributed by atoms with Crippen LogP contribution in [0.3, 0.4) is 0 Å². The fourth-order valence-corrected chi connectivity index (χ4v) is 1.72. The Kier molecular flexibility index (Phi) is 3.67. The average Bonchev–Trinajstić information content (AvgIpc) is 3.19. The smallest absolute Gasteiger partial charge is 0.319 e. The van der Waals surface area contributed by atoms with Crippen molar-refractivity contribution in [2.75, 3.05) is 18.5 Å². The number of amides is 2. The van der Waals surface area contributed by atoms with E-state index in [1.165, 1.54) is 12.1 Å². The Morgan fingerprint density at radius 3 is 2.84 bits per heavy atom. The monoisotopic (exact) mass is 263 g/mol. The van der Waals surface area contributed by atoms with Crippen molar-refractivity contribution < 1.29 is 14.3 Å². The van der Waals surface area contributed by atoms with Crippen LogP contribution in [0.25, 0.3) is 0 Å². The van der Waals surface area contributed by atoms with Gasteiger partial charge < -0.3 is 15.7 Å². The molecule has 0 atom stereocenters. The van der Waals surface area contributed by atoms with E-state index in [9.17, 15) is 9.18 Å². The molecule has 100 valence electrons. The molecular weight excluding hydrogens is 249 g/mol. The molecule has 0 bridgehead atoms. The van der Waals surface area contributed by atoms with Gasteiger partial charge >= 0.3 is 6.03 Å². The van der Waals surface area contributed by atoms with E-state index < -0.39 is 11.8 Å². The molecule has 0 saturated heterocycles. The van der Waals surface area contributed by atoms with E-state index in [4.69, 9.17) is 10.4 Å². The summed E-state index contributed by atoms with van der Waals surface area (Å²) in [5.74, 6) is -0.528. The zero-order valence-corrected chi connectivity index (χ0v) is 10.2. The van der Waals surface area contributed by atoms with Gasteiger partial charge in [-0.3, -0.25) is 0 Å². The molecule has 0 aromatic heterocycles. The van der Waals surface area contributed by atoms with Crippen molar-refractivity contribution in [3.05, 3.63) is 29.6 Å². The number of aliphatic hydroxyl groups is 1. The first-order chi connectivity index (χ1) is 9.08. The van der Waals surface area contributed by atoms with Crippen LogP contribution in [0.4, 0.5) is 14.9 Å². The summed E-state index contributed by atoms with van der Waals surface area (Å²) in [6.45, 7) is 0.436. The highest BCUT2D eigenvalue weighted by Crippen LogP contribution is 2.44. The second kappa shape index (κ2) is 5.24. The summed E-state index contributed by atoms with van der Waals surface area (Å²) in [4.78, 5) is 11.6. The van der Waals surface area contributed by atoms with Gasteiger partial charge in [-0.1, -0.05) is 0 Å². The van der Waals surface area contributed by atoms with Gasteiger partial charge in [0.25, 0.3) is 0 Å². The molecule has 19 heavy (non-hydrogen) atoms. The molecule has 3 N–H and O–H groups in total. The van der Waals surface area contributed by atoms with E-state index in [1.807, 2.05) is 6.07 Å². The summed E-state index contributed by atoms with van der Waals surface area (Å²) in [7, 11) is 0. The molecule has 0 heterocycles. The Balaban J connectivity index is 1.94. The summed E-state index contributed by atoms with van der Waals surface area (Å²) in [5, 5.41) is 23.1. The van der Waals surface area contributed by atoms with E-state index in [1.54, 1.807) is 0 Å². The highest BCUT2D eigenvalue weighted by molar-refractivity contribution is 5.90. The molecule has 5 nitrogen and oxygen atoms in total. The Morgan fingerprint density at radius 1 is 1.53 bits per heavy atom. The predicted molar refractivity (Wildman–Crippen MR) is 66.9 cm³/mol. The van der Waals surface area contributed by atoms with Crippen molar-refractivity contribution in [1.82, 2.24) is 5.32 Å². The number of hydrogen-bond donors (Lipinski definition) is 3. The number of carbonyl (C=O) groups excluding carboxylic acids is 1. The maximum atomic E-state index is 12.9. The summed E-state index contributed by atoms with van der Waals surface area (Å²) in [5.41, 5.74) is 0.145. The van der Waals surface area contributed by atoms with E-state index in [2.05, 4.69) is 10.6 Å². The van der Waals surface area contributed by atoms with Crippen molar-refractivity contribution >= 4 is 11.7 Å². The van der Waals surface area contributed by atoms with Gasteiger partial charge in [0.05, 0.1) is 17.9 Å². The van der Waals surface area contributed by atoms with Crippen LogP contribution < -0.4 is 10.6 Å². The fraction of sp³-hybridized carbons (Fsp3) is 0.385. The third-order valence-corrected chi connectivity index (χ3v) is 3.27. The summed E-state index contributed by atoms with van der Waals surface area (Å²) in [6, 6.07) is 4.92. The highest BCUT2D eigenvalue weighted by Gasteiger charge is 2.42. The van der Waals surface area contributed by atoms with Crippen molar-refractivity contribution in [1.29, 1.82) is 5.26 Å². The number of anilines is 1. The number of nitriles is 1. The molecule has 0 unspecified atom stereocenters. The number of carbonyl (C=O) groups is 1. The quantitative estimate of drug-likeness (QED) is 0.771. The Bertz CT molecular complexity index is 535. The number of aliphatic hydroxyl groups excluding tert-OH is 1. The number of halogens is 1. The number of nitrogens with one attached hydrogen (secondary N) is 2. The molecule has 1 saturated carbocycles. The molecule has 1 aliphatic rings. The van der Waals surface area contributed by atoms with E-state index in [0.717, 1.165) is 18.9 Å². The lowest BCUT2D eigenvalue weighted by Crippen LogP contribution is -2.35. The van der Waals surface area contributed by atoms with Gasteiger partial charge in [-0.25, -0.2) is 9.18 Å². The summed E-state index contributed by atoms with van der Waals surface area (Å²) in [6.07, 6.45) is 1.79. The van der Waals surface area contributed by atoms with Crippen molar-refractivity contribution in [2.24, 2.45) is 5.41 Å². The Morgan fingerprint density at radius 2 is 2.26 bits per heavy atom. The molecular formula is C13H14FN3O2. The van der Waals surface area contributed by atoms with Crippen LogP contribution in [-0.2, 0) is 0 Å². The third kappa shape index (κ3) is 3.20. The lowest BCUT2D eigenvalue weighted by atomic mass is 10.1.